The van der Waals surface area contributed by atoms with E-state index in [1.807, 2.05) is 18.2 Å². The first-order valence-corrected chi connectivity index (χ1v) is 9.23. The zero-order valence-corrected chi connectivity index (χ0v) is 15.7. The van der Waals surface area contributed by atoms with Gasteiger partial charge in [0.1, 0.15) is 0 Å². The number of ether oxygens (including phenoxy) is 2. The summed E-state index contributed by atoms with van der Waals surface area (Å²) in [5.74, 6) is 2.08. The van der Waals surface area contributed by atoms with Gasteiger partial charge in [0.25, 0.3) is 0 Å². The van der Waals surface area contributed by atoms with Gasteiger partial charge >= 0.3 is 0 Å². The normalized spacial score (nSPS) is 21.8. The Morgan fingerprint density at radius 3 is 2.44 bits per heavy atom. The molecule has 136 valence electrons. The number of benzene rings is 1. The van der Waals surface area contributed by atoms with Crippen LogP contribution in [0.25, 0.3) is 0 Å². The van der Waals surface area contributed by atoms with Crippen molar-refractivity contribution in [3.05, 3.63) is 35.9 Å². The molecule has 1 heterocycles. The van der Waals surface area contributed by atoms with Crippen LogP contribution in [0.4, 0.5) is 0 Å². The topological polar surface area (TPSA) is 38.8 Å². The predicted octanol–water partition coefficient (Wildman–Crippen LogP) is 3.94. The van der Waals surface area contributed by atoms with Crippen LogP contribution < -0.4 is 9.47 Å². The minimum Gasteiger partial charge on any atom is -0.493 e. The molecule has 1 amide bonds. The monoisotopic (exact) mass is 343 g/mol. The van der Waals surface area contributed by atoms with Gasteiger partial charge in [-0.25, -0.2) is 0 Å². The fourth-order valence-corrected chi connectivity index (χ4v) is 4.35. The molecule has 3 rings (SSSR count). The second-order valence-electron chi connectivity index (χ2n) is 7.48. The summed E-state index contributed by atoms with van der Waals surface area (Å²) in [6.07, 6.45) is 8.30. The molecule has 2 aliphatic rings. The van der Waals surface area contributed by atoms with Gasteiger partial charge in [-0.3, -0.25) is 4.79 Å². The van der Waals surface area contributed by atoms with E-state index in [4.69, 9.17) is 9.47 Å². The molecule has 1 aromatic rings. The number of nitrogens with zero attached hydrogens (tertiary/aromatic N) is 1. The Labute approximate surface area is 150 Å². The summed E-state index contributed by atoms with van der Waals surface area (Å²) in [4.78, 5) is 15.7. The molecule has 0 bridgehead atoms. The standard InChI is InChI=1S/C21H29NO3/c1-15(2)17-8-7-13-22(17)20(23)21(11-5-6-12-21)16-9-10-18(24-3)19(14-16)25-4/h7-10,14-15,17H,5-6,11-13H2,1-4H3. The van der Waals surface area contributed by atoms with E-state index in [-0.39, 0.29) is 11.9 Å². The van der Waals surface area contributed by atoms with Crippen LogP contribution in [0, 0.1) is 5.92 Å². The molecule has 1 atom stereocenters. The van der Waals surface area contributed by atoms with Crippen LogP contribution in [0.15, 0.2) is 30.4 Å². The van der Waals surface area contributed by atoms with Crippen molar-refractivity contribution < 1.29 is 14.3 Å². The fraction of sp³-hybridized carbons (Fsp3) is 0.571. The molecule has 0 spiro atoms. The van der Waals surface area contributed by atoms with Crippen molar-refractivity contribution in [3.63, 3.8) is 0 Å². The predicted molar refractivity (Wildman–Crippen MR) is 99.2 cm³/mol. The van der Waals surface area contributed by atoms with Crippen molar-refractivity contribution in [2.24, 2.45) is 5.92 Å². The van der Waals surface area contributed by atoms with Crippen LogP contribution in [-0.4, -0.2) is 37.6 Å². The van der Waals surface area contributed by atoms with E-state index < -0.39 is 5.41 Å². The molecule has 1 fully saturated rings. The fourth-order valence-electron chi connectivity index (χ4n) is 4.35. The molecule has 0 saturated heterocycles. The lowest BCUT2D eigenvalue weighted by atomic mass is 9.77. The molecule has 25 heavy (non-hydrogen) atoms. The van der Waals surface area contributed by atoms with Crippen molar-refractivity contribution >= 4 is 5.91 Å². The third-order valence-electron chi connectivity index (χ3n) is 5.74. The van der Waals surface area contributed by atoms with Crippen LogP contribution in [-0.2, 0) is 10.2 Å². The molecular formula is C21H29NO3. The second-order valence-corrected chi connectivity index (χ2v) is 7.48. The molecule has 1 aliphatic heterocycles. The van der Waals surface area contributed by atoms with E-state index in [0.717, 1.165) is 37.8 Å². The molecule has 0 aromatic heterocycles. The van der Waals surface area contributed by atoms with Crippen molar-refractivity contribution in [2.75, 3.05) is 20.8 Å². The van der Waals surface area contributed by atoms with Crippen LogP contribution in [0.1, 0.15) is 45.1 Å². The molecule has 1 aromatic carbocycles. The van der Waals surface area contributed by atoms with Crippen LogP contribution >= 0.6 is 0 Å². The van der Waals surface area contributed by atoms with Crippen molar-refractivity contribution in [2.45, 2.75) is 51.0 Å². The average Bonchev–Trinajstić information content (AvgIpc) is 3.30. The molecular weight excluding hydrogens is 314 g/mol. The summed E-state index contributed by atoms with van der Waals surface area (Å²) < 4.78 is 10.8. The number of carbonyl (C=O) groups is 1. The Hall–Kier alpha value is -1.97. The molecule has 0 N–H and O–H groups in total. The third kappa shape index (κ3) is 3.03. The molecule has 4 nitrogen and oxygen atoms in total. The van der Waals surface area contributed by atoms with E-state index in [9.17, 15) is 4.79 Å². The first kappa shape index (κ1) is 17.8. The maximum Gasteiger partial charge on any atom is 0.234 e. The molecule has 1 saturated carbocycles. The molecule has 0 radical (unpaired) electrons. The first-order valence-electron chi connectivity index (χ1n) is 9.23. The highest BCUT2D eigenvalue weighted by Crippen LogP contribution is 2.45. The second kappa shape index (κ2) is 7.11. The number of carbonyl (C=O) groups excluding carboxylic acids is 1. The van der Waals surface area contributed by atoms with Crippen LogP contribution in [0.3, 0.4) is 0 Å². The van der Waals surface area contributed by atoms with Crippen molar-refractivity contribution in [3.8, 4) is 11.5 Å². The lowest BCUT2D eigenvalue weighted by Gasteiger charge is -2.37. The lowest BCUT2D eigenvalue weighted by Crippen LogP contribution is -2.49. The lowest BCUT2D eigenvalue weighted by molar-refractivity contribution is -0.138. The maximum absolute atomic E-state index is 13.7. The quantitative estimate of drug-likeness (QED) is 0.760. The number of amides is 1. The Kier molecular flexibility index (Phi) is 5.07. The highest BCUT2D eigenvalue weighted by atomic mass is 16.5. The summed E-state index contributed by atoms with van der Waals surface area (Å²) in [7, 11) is 3.28. The number of hydrogen-bond acceptors (Lipinski definition) is 3. The number of methoxy groups -OCH3 is 2. The zero-order valence-electron chi connectivity index (χ0n) is 15.7. The van der Waals surface area contributed by atoms with Gasteiger partial charge in [-0.05, 0) is 36.5 Å². The highest BCUT2D eigenvalue weighted by molar-refractivity contribution is 5.89. The van der Waals surface area contributed by atoms with Gasteiger partial charge in [-0.1, -0.05) is 44.9 Å². The third-order valence-corrected chi connectivity index (χ3v) is 5.74. The van der Waals surface area contributed by atoms with Gasteiger partial charge < -0.3 is 14.4 Å². The SMILES string of the molecule is COc1ccc(C2(C(=O)N3CC=CC3C(C)C)CCCC2)cc1OC. The zero-order chi connectivity index (χ0) is 18.0. The van der Waals surface area contributed by atoms with Gasteiger partial charge in [0.2, 0.25) is 5.91 Å². The van der Waals surface area contributed by atoms with E-state index in [2.05, 4.69) is 30.9 Å². The van der Waals surface area contributed by atoms with Crippen LogP contribution in [0.5, 0.6) is 11.5 Å². The Morgan fingerprint density at radius 2 is 1.84 bits per heavy atom. The van der Waals surface area contributed by atoms with Gasteiger partial charge in [-0.2, -0.15) is 0 Å². The Morgan fingerprint density at radius 1 is 1.16 bits per heavy atom. The van der Waals surface area contributed by atoms with Gasteiger partial charge in [0.05, 0.1) is 25.7 Å². The molecule has 1 aliphatic carbocycles. The van der Waals surface area contributed by atoms with E-state index in [0.29, 0.717) is 17.4 Å². The highest BCUT2D eigenvalue weighted by Gasteiger charge is 2.47. The van der Waals surface area contributed by atoms with Gasteiger partial charge in [-0.15, -0.1) is 0 Å². The van der Waals surface area contributed by atoms with E-state index >= 15 is 0 Å². The van der Waals surface area contributed by atoms with Gasteiger partial charge in [0.15, 0.2) is 11.5 Å². The Bertz CT molecular complexity index is 659. The number of hydrogen-bond donors (Lipinski definition) is 0. The molecule has 4 heteroatoms. The Balaban J connectivity index is 1.98. The minimum absolute atomic E-state index is 0.199. The van der Waals surface area contributed by atoms with E-state index in [1.165, 1.54) is 0 Å². The summed E-state index contributed by atoms with van der Waals surface area (Å²) in [5.41, 5.74) is 0.626. The minimum atomic E-state index is -0.432. The smallest absolute Gasteiger partial charge is 0.234 e. The van der Waals surface area contributed by atoms with E-state index in [1.54, 1.807) is 14.2 Å². The molecule has 1 unspecified atom stereocenters. The summed E-state index contributed by atoms with van der Waals surface area (Å²) in [6, 6.07) is 6.16. The van der Waals surface area contributed by atoms with Crippen molar-refractivity contribution in [1.82, 2.24) is 4.90 Å². The van der Waals surface area contributed by atoms with Crippen molar-refractivity contribution in [1.29, 1.82) is 0 Å². The average molecular weight is 343 g/mol. The summed E-state index contributed by atoms with van der Waals surface area (Å²) >= 11 is 0. The largest absolute Gasteiger partial charge is 0.493 e. The maximum atomic E-state index is 13.7. The van der Waals surface area contributed by atoms with Gasteiger partial charge in [0, 0.05) is 6.54 Å². The van der Waals surface area contributed by atoms with Crippen LogP contribution in [0.2, 0.25) is 0 Å². The number of rotatable bonds is 5. The summed E-state index contributed by atoms with van der Waals surface area (Å²) in [6.45, 7) is 5.08. The first-order chi connectivity index (χ1) is 12.0. The summed E-state index contributed by atoms with van der Waals surface area (Å²) in [5, 5.41) is 0.